The quantitative estimate of drug-likeness (QED) is 0.143. The zero-order valence-corrected chi connectivity index (χ0v) is 29.4. The highest BCUT2D eigenvalue weighted by molar-refractivity contribution is 6.44. The fraction of sp³-hybridized carbons (Fsp3) is 0.250. The van der Waals surface area contributed by atoms with E-state index in [4.69, 9.17) is 56.0 Å². The van der Waals surface area contributed by atoms with Crippen LogP contribution in [-0.4, -0.2) is 43.0 Å². The molecule has 6 aromatic rings. The van der Waals surface area contributed by atoms with Gasteiger partial charge < -0.3 is 42.3 Å². The van der Waals surface area contributed by atoms with Gasteiger partial charge in [0.05, 0.1) is 44.4 Å². The highest BCUT2D eigenvalue weighted by Crippen LogP contribution is 2.52. The van der Waals surface area contributed by atoms with Crippen molar-refractivity contribution in [2.24, 2.45) is 0 Å². The van der Waals surface area contributed by atoms with Crippen molar-refractivity contribution in [2.45, 2.75) is 39.9 Å². The fourth-order valence-electron chi connectivity index (χ4n) is 5.90. The molecule has 0 saturated heterocycles. The molecule has 0 bridgehead atoms. The molecule has 3 aromatic heterocycles. The van der Waals surface area contributed by atoms with Crippen molar-refractivity contribution >= 4 is 61.4 Å². The number of hydrogen-bond acceptors (Lipinski definition) is 11. The van der Waals surface area contributed by atoms with Crippen LogP contribution in [0.5, 0.6) is 46.0 Å². The average molecular weight is 719 g/mol. The van der Waals surface area contributed by atoms with E-state index >= 15 is 0 Å². The molecule has 14 heteroatoms. The Balaban J connectivity index is 1.89. The van der Waals surface area contributed by atoms with Crippen LogP contribution >= 0.6 is 23.2 Å². The van der Waals surface area contributed by atoms with Crippen molar-refractivity contribution in [3.63, 3.8) is 0 Å². The molecule has 0 aliphatic carbocycles. The first-order valence-electron chi connectivity index (χ1n) is 15.2. The van der Waals surface area contributed by atoms with Crippen molar-refractivity contribution in [3.05, 3.63) is 62.1 Å². The van der Waals surface area contributed by atoms with Crippen LogP contribution in [-0.2, 0) is 0 Å². The Bertz CT molecular complexity index is 2530. The standard InChI is InChI=1S/C36H29Cl2N3O9/c1-15(2)47-24-12-22-19(11-23(24)44-5)26-30(36(43)49-22)41-9-8-17-18(10-25(45-6)34(46-7)33(17)48-16(3)4)29(41)35(26)50-32-21(14-40)20(13-39)31(42)27(37)28(32)38/h8-12,15-16,42H,1-7H3. The third kappa shape index (κ3) is 5.25. The number of aromatic hydroxyl groups is 1. The lowest BCUT2D eigenvalue weighted by Crippen LogP contribution is -2.08. The molecule has 0 atom stereocenters. The van der Waals surface area contributed by atoms with Gasteiger partial charge in [0.2, 0.25) is 5.75 Å². The molecule has 50 heavy (non-hydrogen) atoms. The summed E-state index contributed by atoms with van der Waals surface area (Å²) in [5.41, 5.74) is -1.06. The van der Waals surface area contributed by atoms with Gasteiger partial charge in [-0.3, -0.25) is 0 Å². The molecule has 0 radical (unpaired) electrons. The first-order chi connectivity index (χ1) is 23.9. The van der Waals surface area contributed by atoms with E-state index in [9.17, 15) is 20.4 Å². The number of benzene rings is 3. The number of halogens is 2. The molecule has 1 N–H and O–H groups in total. The molecule has 0 spiro atoms. The van der Waals surface area contributed by atoms with E-state index in [1.54, 1.807) is 40.9 Å². The number of nitrogens with zero attached hydrogens (tertiary/aromatic N) is 3. The Morgan fingerprint density at radius 3 is 2.02 bits per heavy atom. The first-order valence-corrected chi connectivity index (χ1v) is 15.9. The predicted molar refractivity (Wildman–Crippen MR) is 187 cm³/mol. The van der Waals surface area contributed by atoms with Gasteiger partial charge in [-0.2, -0.15) is 10.5 Å². The summed E-state index contributed by atoms with van der Waals surface area (Å²) >= 11 is 13.0. The third-order valence-corrected chi connectivity index (χ3v) is 8.68. The van der Waals surface area contributed by atoms with Crippen molar-refractivity contribution in [3.8, 4) is 58.1 Å². The van der Waals surface area contributed by atoms with Crippen LogP contribution in [0.3, 0.4) is 0 Å². The van der Waals surface area contributed by atoms with Crippen molar-refractivity contribution in [1.82, 2.24) is 4.40 Å². The predicted octanol–water partition coefficient (Wildman–Crippen LogP) is 8.50. The summed E-state index contributed by atoms with van der Waals surface area (Å²) in [5, 5.41) is 31.6. The van der Waals surface area contributed by atoms with Crippen LogP contribution in [0, 0.1) is 22.7 Å². The molecule has 0 amide bonds. The zero-order valence-electron chi connectivity index (χ0n) is 27.9. The first kappa shape index (κ1) is 34.2. The average Bonchev–Trinajstić information content (AvgIpc) is 3.42. The van der Waals surface area contributed by atoms with Gasteiger partial charge in [-0.1, -0.05) is 23.2 Å². The normalized spacial score (nSPS) is 11.4. The maximum absolute atomic E-state index is 14.0. The maximum atomic E-state index is 14.0. The summed E-state index contributed by atoms with van der Waals surface area (Å²) in [7, 11) is 4.44. The summed E-state index contributed by atoms with van der Waals surface area (Å²) in [6.45, 7) is 7.40. The van der Waals surface area contributed by atoms with E-state index in [2.05, 4.69) is 0 Å². The van der Waals surface area contributed by atoms with Crippen molar-refractivity contribution in [1.29, 1.82) is 10.5 Å². The lowest BCUT2D eigenvalue weighted by Gasteiger charge is -2.19. The van der Waals surface area contributed by atoms with Gasteiger partial charge in [-0.15, -0.1) is 0 Å². The molecule has 0 unspecified atom stereocenters. The number of ether oxygens (including phenoxy) is 6. The molecule has 256 valence electrons. The fourth-order valence-corrected chi connectivity index (χ4v) is 6.30. The van der Waals surface area contributed by atoms with Gasteiger partial charge in [-0.05, 0) is 45.9 Å². The molecule has 3 heterocycles. The van der Waals surface area contributed by atoms with E-state index in [-0.39, 0.29) is 50.8 Å². The lowest BCUT2D eigenvalue weighted by atomic mass is 10.1. The Kier molecular flexibility index (Phi) is 8.87. The van der Waals surface area contributed by atoms with Crippen molar-refractivity contribution in [2.75, 3.05) is 21.3 Å². The number of aromatic nitrogens is 1. The number of pyridine rings is 1. The van der Waals surface area contributed by atoms with E-state index in [1.165, 1.54) is 21.3 Å². The van der Waals surface area contributed by atoms with Crippen LogP contribution in [0.1, 0.15) is 38.8 Å². The number of nitriles is 2. The summed E-state index contributed by atoms with van der Waals surface area (Å²) in [6.07, 6.45) is 1.14. The lowest BCUT2D eigenvalue weighted by molar-refractivity contribution is 0.229. The topological polar surface area (TPSA) is 158 Å². The van der Waals surface area contributed by atoms with Crippen LogP contribution in [0.2, 0.25) is 10.0 Å². The molecule has 12 nitrogen and oxygen atoms in total. The highest BCUT2D eigenvalue weighted by atomic mass is 35.5. The molecular formula is C36H29Cl2N3O9. The van der Waals surface area contributed by atoms with Gasteiger partial charge in [0, 0.05) is 28.4 Å². The molecule has 0 fully saturated rings. The smallest absolute Gasteiger partial charge is 0.361 e. The Morgan fingerprint density at radius 2 is 1.42 bits per heavy atom. The number of fused-ring (bicyclic) bond motifs is 7. The molecular weight excluding hydrogens is 689 g/mol. The third-order valence-electron chi connectivity index (χ3n) is 7.86. The number of phenols is 1. The monoisotopic (exact) mass is 717 g/mol. The number of hydrogen-bond donors (Lipinski definition) is 1. The second kappa shape index (κ2) is 13.0. The van der Waals surface area contributed by atoms with Crippen LogP contribution < -0.4 is 34.0 Å². The van der Waals surface area contributed by atoms with Crippen molar-refractivity contribution < 1.29 is 37.9 Å². The van der Waals surface area contributed by atoms with Gasteiger partial charge in [0.25, 0.3) is 0 Å². The Labute approximate surface area is 294 Å². The molecule has 0 aliphatic rings. The van der Waals surface area contributed by atoms with Gasteiger partial charge in [-0.25, -0.2) is 4.79 Å². The highest BCUT2D eigenvalue weighted by Gasteiger charge is 2.30. The van der Waals surface area contributed by atoms with Gasteiger partial charge in [0.1, 0.15) is 44.4 Å². The SMILES string of the molecule is COc1cc2c(cc1OC(C)C)oc(=O)c1c2c(Oc2c(Cl)c(Cl)c(O)c(C#N)c2C#N)c2c3cc(OC)c(OC)c(OC(C)C)c3ccn21. The molecule has 0 aliphatic heterocycles. The molecule has 0 saturated carbocycles. The number of phenolic OH excluding ortho intramolecular Hbond substituents is 1. The second-order valence-corrected chi connectivity index (χ2v) is 12.3. The Hall–Kier alpha value is -5.69. The van der Waals surface area contributed by atoms with Gasteiger partial charge >= 0.3 is 5.63 Å². The minimum Gasteiger partial charge on any atom is -0.505 e. The number of rotatable bonds is 9. The zero-order chi connectivity index (χ0) is 36.2. The maximum Gasteiger partial charge on any atom is 0.361 e. The van der Waals surface area contributed by atoms with E-state index < -0.39 is 22.0 Å². The van der Waals surface area contributed by atoms with E-state index in [0.29, 0.717) is 50.4 Å². The largest absolute Gasteiger partial charge is 0.505 e. The summed E-state index contributed by atoms with van der Waals surface area (Å²) in [6, 6.07) is 10.3. The molecule has 6 rings (SSSR count). The van der Waals surface area contributed by atoms with Crippen LogP contribution in [0.15, 0.2) is 39.7 Å². The van der Waals surface area contributed by atoms with Crippen LogP contribution in [0.25, 0.3) is 38.2 Å². The summed E-state index contributed by atoms with van der Waals surface area (Å²) in [4.78, 5) is 14.0. The Morgan fingerprint density at radius 1 is 0.760 bits per heavy atom. The second-order valence-electron chi connectivity index (χ2n) is 11.6. The van der Waals surface area contributed by atoms with E-state index in [1.807, 2.05) is 33.8 Å². The number of methoxy groups -OCH3 is 3. The minimum atomic E-state index is -0.732. The van der Waals surface area contributed by atoms with E-state index in [0.717, 1.165) is 0 Å². The summed E-state index contributed by atoms with van der Waals surface area (Å²) in [5.74, 6) is 0.691. The van der Waals surface area contributed by atoms with Gasteiger partial charge in [0.15, 0.2) is 40.2 Å². The van der Waals surface area contributed by atoms with Crippen LogP contribution in [0.4, 0.5) is 0 Å². The minimum absolute atomic E-state index is 0.0230. The summed E-state index contributed by atoms with van der Waals surface area (Å²) < 4.78 is 43.3. The molecule has 3 aromatic carbocycles.